The van der Waals surface area contributed by atoms with Gasteiger partial charge in [0.15, 0.2) is 0 Å². The minimum atomic E-state index is -0.231. The van der Waals surface area contributed by atoms with Crippen LogP contribution in [0.4, 0.5) is 0 Å². The molecule has 2 rings (SSSR count). The SMILES string of the molecule is CC(C(=O)NCCN)c1coc2ccccc12. The summed E-state index contributed by atoms with van der Waals surface area (Å²) in [6, 6.07) is 7.70. The number of para-hydroxylation sites is 1. The van der Waals surface area contributed by atoms with Crippen LogP contribution in [-0.2, 0) is 4.79 Å². The third-order valence-electron chi connectivity index (χ3n) is 2.81. The molecule has 90 valence electrons. The summed E-state index contributed by atoms with van der Waals surface area (Å²) in [4.78, 5) is 11.8. The summed E-state index contributed by atoms with van der Waals surface area (Å²) in [6.07, 6.45) is 1.65. The van der Waals surface area contributed by atoms with Gasteiger partial charge in [-0.05, 0) is 13.0 Å². The Hall–Kier alpha value is -1.81. The first-order valence-corrected chi connectivity index (χ1v) is 5.68. The van der Waals surface area contributed by atoms with Crippen LogP contribution in [0.1, 0.15) is 18.4 Å². The zero-order valence-electron chi connectivity index (χ0n) is 9.77. The van der Waals surface area contributed by atoms with Crippen LogP contribution in [0.5, 0.6) is 0 Å². The van der Waals surface area contributed by atoms with E-state index < -0.39 is 0 Å². The van der Waals surface area contributed by atoms with Crippen molar-refractivity contribution in [1.82, 2.24) is 5.32 Å². The average Bonchev–Trinajstić information content (AvgIpc) is 2.78. The van der Waals surface area contributed by atoms with Crippen molar-refractivity contribution < 1.29 is 9.21 Å². The van der Waals surface area contributed by atoms with Crippen LogP contribution < -0.4 is 11.1 Å². The molecule has 0 saturated heterocycles. The number of carbonyl (C=O) groups is 1. The maximum Gasteiger partial charge on any atom is 0.227 e. The Labute approximate surface area is 99.8 Å². The van der Waals surface area contributed by atoms with Gasteiger partial charge in [-0.25, -0.2) is 0 Å². The second-order valence-corrected chi connectivity index (χ2v) is 3.99. The Morgan fingerprint density at radius 2 is 2.24 bits per heavy atom. The Balaban J connectivity index is 2.24. The molecule has 1 aromatic heterocycles. The van der Waals surface area contributed by atoms with E-state index in [0.717, 1.165) is 16.5 Å². The molecule has 0 fully saturated rings. The summed E-state index contributed by atoms with van der Waals surface area (Å²) >= 11 is 0. The standard InChI is InChI=1S/C13H16N2O2/c1-9(13(16)15-7-6-14)11-8-17-12-5-3-2-4-10(11)12/h2-5,8-9H,6-7,14H2,1H3,(H,15,16). The smallest absolute Gasteiger partial charge is 0.227 e. The van der Waals surface area contributed by atoms with Crippen molar-refractivity contribution in [3.8, 4) is 0 Å². The first-order valence-electron chi connectivity index (χ1n) is 5.68. The molecule has 1 aromatic carbocycles. The van der Waals surface area contributed by atoms with Crippen molar-refractivity contribution in [3.63, 3.8) is 0 Å². The highest BCUT2D eigenvalue weighted by atomic mass is 16.3. The highest BCUT2D eigenvalue weighted by Crippen LogP contribution is 2.27. The van der Waals surface area contributed by atoms with Gasteiger partial charge in [0.05, 0.1) is 12.2 Å². The third-order valence-corrected chi connectivity index (χ3v) is 2.81. The molecule has 1 unspecified atom stereocenters. The highest BCUT2D eigenvalue weighted by molar-refractivity contribution is 5.90. The van der Waals surface area contributed by atoms with Gasteiger partial charge in [0.25, 0.3) is 0 Å². The molecule has 4 nitrogen and oxygen atoms in total. The third kappa shape index (κ3) is 2.31. The summed E-state index contributed by atoms with van der Waals surface area (Å²) in [5.74, 6) is -0.257. The van der Waals surface area contributed by atoms with Crippen LogP contribution in [0.15, 0.2) is 34.9 Å². The number of rotatable bonds is 4. The molecule has 3 N–H and O–H groups in total. The number of hydrogen-bond acceptors (Lipinski definition) is 3. The fourth-order valence-electron chi connectivity index (χ4n) is 1.82. The normalized spacial score (nSPS) is 12.6. The van der Waals surface area contributed by atoms with Gasteiger partial charge in [-0.1, -0.05) is 18.2 Å². The number of hydrogen-bond donors (Lipinski definition) is 2. The minimum absolute atomic E-state index is 0.0259. The van der Waals surface area contributed by atoms with E-state index in [2.05, 4.69) is 5.32 Å². The Kier molecular flexibility index (Phi) is 3.44. The molecule has 0 bridgehead atoms. The lowest BCUT2D eigenvalue weighted by atomic mass is 10.00. The molecule has 0 aliphatic carbocycles. The quantitative estimate of drug-likeness (QED) is 0.841. The van der Waals surface area contributed by atoms with Crippen LogP contribution in [-0.4, -0.2) is 19.0 Å². The zero-order chi connectivity index (χ0) is 12.3. The fraction of sp³-hybridized carbons (Fsp3) is 0.308. The van der Waals surface area contributed by atoms with Crippen LogP contribution >= 0.6 is 0 Å². The second kappa shape index (κ2) is 5.01. The van der Waals surface area contributed by atoms with Crippen molar-refractivity contribution in [1.29, 1.82) is 0 Å². The topological polar surface area (TPSA) is 68.3 Å². The molecule has 0 saturated carbocycles. The summed E-state index contributed by atoms with van der Waals surface area (Å²) in [6.45, 7) is 2.81. The lowest BCUT2D eigenvalue weighted by Gasteiger charge is -2.10. The lowest BCUT2D eigenvalue weighted by molar-refractivity contribution is -0.122. The van der Waals surface area contributed by atoms with Crippen molar-refractivity contribution in [3.05, 3.63) is 36.1 Å². The van der Waals surface area contributed by atoms with Crippen molar-refractivity contribution >= 4 is 16.9 Å². The van der Waals surface area contributed by atoms with Crippen LogP contribution in [0.3, 0.4) is 0 Å². The predicted molar refractivity (Wildman–Crippen MR) is 66.7 cm³/mol. The van der Waals surface area contributed by atoms with Crippen LogP contribution in [0.2, 0.25) is 0 Å². The lowest BCUT2D eigenvalue weighted by Crippen LogP contribution is -2.32. The van der Waals surface area contributed by atoms with Gasteiger partial charge in [0, 0.05) is 24.0 Å². The van der Waals surface area contributed by atoms with Crippen molar-refractivity contribution in [2.45, 2.75) is 12.8 Å². The van der Waals surface area contributed by atoms with Gasteiger partial charge in [0.2, 0.25) is 5.91 Å². The molecular formula is C13H16N2O2. The molecule has 1 heterocycles. The number of fused-ring (bicyclic) bond motifs is 1. The summed E-state index contributed by atoms with van der Waals surface area (Å²) < 4.78 is 5.42. The first kappa shape index (κ1) is 11.7. The molecule has 1 atom stereocenters. The van der Waals surface area contributed by atoms with E-state index >= 15 is 0 Å². The number of nitrogens with one attached hydrogen (secondary N) is 1. The number of amides is 1. The van der Waals surface area contributed by atoms with Crippen LogP contribution in [0, 0.1) is 0 Å². The predicted octanol–water partition coefficient (Wildman–Crippen LogP) is 1.61. The van der Waals surface area contributed by atoms with Gasteiger partial charge in [-0.3, -0.25) is 4.79 Å². The second-order valence-electron chi connectivity index (χ2n) is 3.99. The van der Waals surface area contributed by atoms with Crippen molar-refractivity contribution in [2.75, 3.05) is 13.1 Å². The monoisotopic (exact) mass is 232 g/mol. The fourth-order valence-corrected chi connectivity index (χ4v) is 1.82. The largest absolute Gasteiger partial charge is 0.464 e. The molecule has 4 heteroatoms. The molecule has 1 amide bonds. The Bertz CT molecular complexity index is 519. The number of furan rings is 1. The van der Waals surface area contributed by atoms with E-state index in [-0.39, 0.29) is 11.8 Å². The van der Waals surface area contributed by atoms with Gasteiger partial charge < -0.3 is 15.5 Å². The zero-order valence-corrected chi connectivity index (χ0v) is 9.77. The molecule has 0 spiro atoms. The first-order chi connectivity index (χ1) is 8.24. The summed E-state index contributed by atoms with van der Waals surface area (Å²) in [5.41, 5.74) is 7.07. The summed E-state index contributed by atoms with van der Waals surface area (Å²) in [7, 11) is 0. The highest BCUT2D eigenvalue weighted by Gasteiger charge is 2.19. The Morgan fingerprint density at radius 1 is 1.47 bits per heavy atom. The van der Waals surface area contributed by atoms with E-state index in [1.54, 1.807) is 6.26 Å². The van der Waals surface area contributed by atoms with E-state index in [1.165, 1.54) is 0 Å². The van der Waals surface area contributed by atoms with Crippen LogP contribution in [0.25, 0.3) is 11.0 Å². The minimum Gasteiger partial charge on any atom is -0.464 e. The number of carbonyl (C=O) groups excluding carboxylic acids is 1. The van der Waals surface area contributed by atoms with E-state index in [1.807, 2.05) is 31.2 Å². The van der Waals surface area contributed by atoms with Gasteiger partial charge in [-0.2, -0.15) is 0 Å². The van der Waals surface area contributed by atoms with Gasteiger partial charge in [-0.15, -0.1) is 0 Å². The van der Waals surface area contributed by atoms with E-state index in [0.29, 0.717) is 13.1 Å². The van der Waals surface area contributed by atoms with Gasteiger partial charge in [0.1, 0.15) is 5.58 Å². The molecule has 0 aliphatic rings. The van der Waals surface area contributed by atoms with Crippen molar-refractivity contribution in [2.24, 2.45) is 5.73 Å². The van der Waals surface area contributed by atoms with E-state index in [9.17, 15) is 4.79 Å². The van der Waals surface area contributed by atoms with Gasteiger partial charge >= 0.3 is 0 Å². The van der Waals surface area contributed by atoms with E-state index in [4.69, 9.17) is 10.2 Å². The average molecular weight is 232 g/mol. The molecule has 17 heavy (non-hydrogen) atoms. The number of benzene rings is 1. The maximum absolute atomic E-state index is 11.8. The molecule has 0 aliphatic heterocycles. The Morgan fingerprint density at radius 3 is 3.00 bits per heavy atom. The molecule has 0 radical (unpaired) electrons. The molecular weight excluding hydrogens is 216 g/mol. The number of nitrogens with two attached hydrogens (primary N) is 1. The maximum atomic E-state index is 11.8. The summed E-state index contributed by atoms with van der Waals surface area (Å²) in [5, 5.41) is 3.77. The molecule has 2 aromatic rings.